The van der Waals surface area contributed by atoms with E-state index >= 15 is 0 Å². The van der Waals surface area contributed by atoms with Crippen LogP contribution in [-0.4, -0.2) is 22.2 Å². The lowest BCUT2D eigenvalue weighted by atomic mass is 9.98. The Hall–Kier alpha value is -2.39. The van der Waals surface area contributed by atoms with Gasteiger partial charge in [-0.25, -0.2) is 4.39 Å². The molecule has 1 aliphatic rings. The van der Waals surface area contributed by atoms with E-state index in [1.807, 2.05) is 11.5 Å². The maximum absolute atomic E-state index is 14.6. The summed E-state index contributed by atoms with van der Waals surface area (Å²) in [5, 5.41) is 19.2. The molecule has 5 nitrogen and oxygen atoms in total. The minimum absolute atomic E-state index is 0.168. The van der Waals surface area contributed by atoms with Crippen LogP contribution in [0.25, 0.3) is 10.9 Å². The molecule has 0 saturated heterocycles. The van der Waals surface area contributed by atoms with Crippen molar-refractivity contribution in [1.29, 1.82) is 5.26 Å². The van der Waals surface area contributed by atoms with Crippen LogP contribution in [-0.2, 0) is 22.5 Å². The highest BCUT2D eigenvalue weighted by molar-refractivity contribution is 5.92. The molecular formula is C18H19FN2O3. The Morgan fingerprint density at radius 1 is 1.54 bits per heavy atom. The van der Waals surface area contributed by atoms with Crippen molar-refractivity contribution in [3.63, 3.8) is 0 Å². The number of benzene rings is 1. The molecule has 2 heterocycles. The molecule has 0 amide bonds. The number of unbranched alkanes of at least 4 members (excludes halogenated alkanes) is 1. The molecular weight excluding hydrogens is 311 g/mol. The zero-order valence-electron chi connectivity index (χ0n) is 13.5. The van der Waals surface area contributed by atoms with Gasteiger partial charge in [-0.2, -0.15) is 5.26 Å². The number of ether oxygens (including phenoxy) is 1. The van der Waals surface area contributed by atoms with E-state index in [1.165, 1.54) is 12.1 Å². The van der Waals surface area contributed by atoms with E-state index in [9.17, 15) is 19.6 Å². The molecule has 0 spiro atoms. The maximum atomic E-state index is 14.6. The number of carboxylic acid groups (broad SMARTS) is 1. The number of nitrogens with zero attached hydrogens (tertiary/aromatic N) is 2. The van der Waals surface area contributed by atoms with Crippen molar-refractivity contribution in [2.24, 2.45) is 0 Å². The second-order valence-corrected chi connectivity index (χ2v) is 6.01. The summed E-state index contributed by atoms with van der Waals surface area (Å²) in [5.41, 5.74) is 2.39. The number of hydrogen-bond donors (Lipinski definition) is 1. The van der Waals surface area contributed by atoms with Crippen molar-refractivity contribution < 1.29 is 19.0 Å². The molecule has 0 saturated carbocycles. The van der Waals surface area contributed by atoms with E-state index in [-0.39, 0.29) is 12.2 Å². The number of aromatic nitrogens is 1. The number of hydrogen-bond acceptors (Lipinski definition) is 3. The molecule has 1 aliphatic heterocycles. The Morgan fingerprint density at radius 2 is 2.33 bits per heavy atom. The fourth-order valence-electron chi connectivity index (χ4n) is 3.51. The van der Waals surface area contributed by atoms with Crippen LogP contribution >= 0.6 is 0 Å². The smallest absolute Gasteiger partial charge is 0.306 e. The molecule has 1 aromatic carbocycles. The average Bonchev–Trinajstić information content (AvgIpc) is 2.89. The quantitative estimate of drug-likeness (QED) is 0.910. The van der Waals surface area contributed by atoms with Gasteiger partial charge in [0, 0.05) is 11.9 Å². The highest BCUT2D eigenvalue weighted by Gasteiger charge is 2.32. The van der Waals surface area contributed by atoms with Gasteiger partial charge in [0.15, 0.2) is 0 Å². The third kappa shape index (κ3) is 2.65. The topological polar surface area (TPSA) is 75.2 Å². The van der Waals surface area contributed by atoms with Gasteiger partial charge in [-0.05, 0) is 30.5 Å². The van der Waals surface area contributed by atoms with Crippen LogP contribution in [0.5, 0.6) is 0 Å². The lowest BCUT2D eigenvalue weighted by Crippen LogP contribution is -2.21. The van der Waals surface area contributed by atoms with E-state index in [2.05, 4.69) is 6.07 Å². The van der Waals surface area contributed by atoms with Crippen LogP contribution < -0.4 is 0 Å². The molecule has 2 aromatic rings. The fraction of sp³-hybridized carbons (Fsp3) is 0.444. The predicted octanol–water partition coefficient (Wildman–Crippen LogP) is 3.54. The molecule has 0 bridgehead atoms. The standard InChI is InChI=1S/C18H19FN2O3/c1-2-3-7-21-17-12(6-8-24-14(17)9-15(22)23)16-11(10-20)4-5-13(19)18(16)21/h4-5,14H,2-3,6-9H2,1H3,(H,22,23). The normalized spacial score (nSPS) is 16.8. The van der Waals surface area contributed by atoms with E-state index < -0.39 is 12.1 Å². The van der Waals surface area contributed by atoms with Crippen molar-refractivity contribution >= 4 is 16.9 Å². The summed E-state index contributed by atoms with van der Waals surface area (Å²) in [6.07, 6.45) is 1.55. The van der Waals surface area contributed by atoms with Crippen molar-refractivity contribution in [3.05, 3.63) is 34.8 Å². The van der Waals surface area contributed by atoms with Crippen molar-refractivity contribution in [3.8, 4) is 6.07 Å². The van der Waals surface area contributed by atoms with E-state index in [1.54, 1.807) is 0 Å². The molecule has 0 fully saturated rings. The van der Waals surface area contributed by atoms with Crippen molar-refractivity contribution in [2.45, 2.75) is 45.3 Å². The lowest BCUT2D eigenvalue weighted by molar-refractivity contribution is -0.140. The Balaban J connectivity index is 2.31. The van der Waals surface area contributed by atoms with Crippen LogP contribution in [0.3, 0.4) is 0 Å². The number of halogens is 1. The number of carbonyl (C=O) groups is 1. The molecule has 1 aromatic heterocycles. The molecule has 6 heteroatoms. The second kappa shape index (κ2) is 6.62. The fourth-order valence-corrected chi connectivity index (χ4v) is 3.51. The maximum Gasteiger partial charge on any atom is 0.306 e. The van der Waals surface area contributed by atoms with Gasteiger partial charge in [0.05, 0.1) is 35.9 Å². The first-order valence-corrected chi connectivity index (χ1v) is 8.15. The largest absolute Gasteiger partial charge is 0.481 e. The lowest BCUT2D eigenvalue weighted by Gasteiger charge is -2.25. The molecule has 24 heavy (non-hydrogen) atoms. The zero-order valence-corrected chi connectivity index (χ0v) is 13.5. The summed E-state index contributed by atoms with van der Waals surface area (Å²) in [6.45, 7) is 2.99. The van der Waals surface area contributed by atoms with Gasteiger partial charge in [0.25, 0.3) is 0 Å². The summed E-state index contributed by atoms with van der Waals surface area (Å²) in [4.78, 5) is 11.2. The Labute approximate surface area is 139 Å². The summed E-state index contributed by atoms with van der Waals surface area (Å²) in [5.74, 6) is -1.34. The SMILES string of the molecule is CCCCn1c2c(c3c(C#N)ccc(F)c31)CCOC2CC(=O)O. The van der Waals surface area contributed by atoms with E-state index in [0.717, 1.165) is 18.4 Å². The van der Waals surface area contributed by atoms with Gasteiger partial charge in [-0.15, -0.1) is 0 Å². The molecule has 126 valence electrons. The summed E-state index contributed by atoms with van der Waals surface area (Å²) in [6, 6.07) is 4.93. The number of rotatable bonds is 5. The Morgan fingerprint density at radius 3 is 3.00 bits per heavy atom. The van der Waals surface area contributed by atoms with Gasteiger partial charge in [0.2, 0.25) is 0 Å². The number of fused-ring (bicyclic) bond motifs is 3. The first kappa shape index (κ1) is 16.5. The molecule has 1 N–H and O–H groups in total. The minimum Gasteiger partial charge on any atom is -0.481 e. The number of carboxylic acids is 1. The minimum atomic E-state index is -0.957. The predicted molar refractivity (Wildman–Crippen MR) is 86.2 cm³/mol. The van der Waals surface area contributed by atoms with Crippen LogP contribution in [0.15, 0.2) is 12.1 Å². The van der Waals surface area contributed by atoms with Gasteiger partial charge < -0.3 is 14.4 Å². The van der Waals surface area contributed by atoms with Gasteiger partial charge in [-0.1, -0.05) is 13.3 Å². The van der Waals surface area contributed by atoms with Crippen LogP contribution in [0.4, 0.5) is 4.39 Å². The summed E-state index contributed by atoms with van der Waals surface area (Å²) >= 11 is 0. The summed E-state index contributed by atoms with van der Waals surface area (Å²) in [7, 11) is 0. The monoisotopic (exact) mass is 330 g/mol. The van der Waals surface area contributed by atoms with Crippen molar-refractivity contribution in [1.82, 2.24) is 4.57 Å². The molecule has 0 radical (unpaired) electrons. The van der Waals surface area contributed by atoms with Crippen LogP contribution in [0, 0.1) is 17.1 Å². The molecule has 1 unspecified atom stereocenters. The Bertz CT molecular complexity index is 835. The van der Waals surface area contributed by atoms with E-state index in [4.69, 9.17) is 4.74 Å². The molecule has 0 aliphatic carbocycles. The second-order valence-electron chi connectivity index (χ2n) is 6.01. The Kier molecular flexibility index (Phi) is 4.54. The first-order chi connectivity index (χ1) is 11.6. The number of aryl methyl sites for hydroxylation is 1. The van der Waals surface area contributed by atoms with Gasteiger partial charge >= 0.3 is 5.97 Å². The van der Waals surface area contributed by atoms with Crippen molar-refractivity contribution in [2.75, 3.05) is 6.61 Å². The summed E-state index contributed by atoms with van der Waals surface area (Å²) < 4.78 is 22.1. The highest BCUT2D eigenvalue weighted by Crippen LogP contribution is 2.39. The highest BCUT2D eigenvalue weighted by atomic mass is 19.1. The van der Waals surface area contributed by atoms with Gasteiger partial charge in [0.1, 0.15) is 11.9 Å². The third-order valence-corrected chi connectivity index (χ3v) is 4.49. The number of nitriles is 1. The van der Waals surface area contributed by atoms with Crippen LogP contribution in [0.1, 0.15) is 49.1 Å². The molecule has 1 atom stereocenters. The average molecular weight is 330 g/mol. The van der Waals surface area contributed by atoms with Crippen LogP contribution in [0.2, 0.25) is 0 Å². The third-order valence-electron chi connectivity index (χ3n) is 4.49. The first-order valence-electron chi connectivity index (χ1n) is 8.15. The van der Waals surface area contributed by atoms with Gasteiger partial charge in [-0.3, -0.25) is 4.79 Å². The van der Waals surface area contributed by atoms with E-state index in [0.29, 0.717) is 41.7 Å². The zero-order chi connectivity index (χ0) is 17.3. The number of aliphatic carboxylic acids is 1. The molecule has 3 rings (SSSR count).